The fourth-order valence-electron chi connectivity index (χ4n) is 5.19. The summed E-state index contributed by atoms with van der Waals surface area (Å²) in [7, 11) is 0. The lowest BCUT2D eigenvalue weighted by molar-refractivity contribution is -0.147. The minimum Gasteiger partial charge on any atom is -0.458 e. The highest BCUT2D eigenvalue weighted by Crippen LogP contribution is 2.20. The van der Waals surface area contributed by atoms with Crippen LogP contribution in [0.4, 0.5) is 0 Å². The van der Waals surface area contributed by atoms with E-state index in [1.54, 1.807) is 60.8 Å². The molecule has 0 spiro atoms. The third-order valence-corrected chi connectivity index (χ3v) is 7.40. The van der Waals surface area contributed by atoms with Gasteiger partial charge in [0.1, 0.15) is 6.10 Å². The van der Waals surface area contributed by atoms with Gasteiger partial charge in [-0.1, -0.05) is 87.6 Å². The molecule has 10 atom stereocenters. The van der Waals surface area contributed by atoms with Crippen LogP contribution in [0.25, 0.3) is 0 Å². The zero-order valence-electron chi connectivity index (χ0n) is 26.8. The summed E-state index contributed by atoms with van der Waals surface area (Å²) in [5.74, 6) is -0.714. The van der Waals surface area contributed by atoms with Crippen molar-refractivity contribution >= 4 is 5.97 Å². The van der Waals surface area contributed by atoms with Crippen LogP contribution in [0.15, 0.2) is 72.9 Å². The average molecular weight is 637 g/mol. The van der Waals surface area contributed by atoms with Crippen molar-refractivity contribution in [2.75, 3.05) is 0 Å². The van der Waals surface area contributed by atoms with Crippen molar-refractivity contribution < 1.29 is 50.4 Å². The Morgan fingerprint density at radius 3 is 1.44 bits per heavy atom. The van der Waals surface area contributed by atoms with Gasteiger partial charge < -0.3 is 45.6 Å². The van der Waals surface area contributed by atoms with Gasteiger partial charge in [0.2, 0.25) is 0 Å². The second-order valence-corrected chi connectivity index (χ2v) is 12.4. The number of hydrogen-bond acceptors (Lipinski definition) is 10. The van der Waals surface area contributed by atoms with Gasteiger partial charge in [-0.3, -0.25) is 0 Å². The molecule has 1 aliphatic heterocycles. The van der Waals surface area contributed by atoms with Crippen molar-refractivity contribution in [3.8, 4) is 0 Å². The highest BCUT2D eigenvalue weighted by atomic mass is 16.5. The zero-order chi connectivity index (χ0) is 33.8. The fourth-order valence-corrected chi connectivity index (χ4v) is 5.19. The van der Waals surface area contributed by atoms with Crippen LogP contribution in [0.1, 0.15) is 72.1 Å². The SMILES string of the molecule is CC(C)[C@@H]1OC(=O)C=CC=CC=CC=CC=CC[C@H](O)C[C@H](O)C[C@H](O)C[C@@H](O)C[C@H](O)C[C@H](O)C[C@@H](O)C[C@@H](O)C=C[C@@H]1C. The normalized spacial score (nSPS) is 35.1. The summed E-state index contributed by atoms with van der Waals surface area (Å²) in [5.41, 5.74) is 0. The third kappa shape index (κ3) is 20.4. The van der Waals surface area contributed by atoms with Crippen LogP contribution in [0.5, 0.6) is 0 Å². The zero-order valence-corrected chi connectivity index (χ0v) is 26.8. The first kappa shape index (κ1) is 40.6. The van der Waals surface area contributed by atoms with E-state index in [9.17, 15) is 45.6 Å². The van der Waals surface area contributed by atoms with E-state index in [1.807, 2.05) is 20.8 Å². The number of ether oxygens (including phenoxy) is 1. The topological polar surface area (TPSA) is 188 Å². The Labute approximate surface area is 268 Å². The van der Waals surface area contributed by atoms with E-state index in [2.05, 4.69) is 0 Å². The van der Waals surface area contributed by atoms with E-state index in [0.717, 1.165) is 0 Å². The molecule has 0 unspecified atom stereocenters. The van der Waals surface area contributed by atoms with Gasteiger partial charge in [-0.05, 0) is 50.9 Å². The van der Waals surface area contributed by atoms with E-state index in [-0.39, 0.29) is 56.8 Å². The molecule has 0 aromatic heterocycles. The first-order valence-electron chi connectivity index (χ1n) is 15.9. The molecular weight excluding hydrogens is 580 g/mol. The van der Waals surface area contributed by atoms with E-state index >= 15 is 0 Å². The van der Waals surface area contributed by atoms with Gasteiger partial charge in [-0.15, -0.1) is 0 Å². The van der Waals surface area contributed by atoms with Gasteiger partial charge in [0.25, 0.3) is 0 Å². The van der Waals surface area contributed by atoms with Crippen molar-refractivity contribution in [1.29, 1.82) is 0 Å². The van der Waals surface area contributed by atoms with Crippen LogP contribution in [0.3, 0.4) is 0 Å². The molecule has 10 nitrogen and oxygen atoms in total. The maximum atomic E-state index is 12.4. The Bertz CT molecular complexity index is 985. The number of esters is 1. The summed E-state index contributed by atoms with van der Waals surface area (Å²) in [6, 6.07) is 0. The largest absolute Gasteiger partial charge is 0.458 e. The maximum Gasteiger partial charge on any atom is 0.331 e. The van der Waals surface area contributed by atoms with Crippen LogP contribution in [-0.4, -0.2) is 102 Å². The Balaban J connectivity index is 2.93. The lowest BCUT2D eigenvalue weighted by atomic mass is 9.93. The number of allylic oxidation sites excluding steroid dienone is 8. The molecule has 0 amide bonds. The summed E-state index contributed by atoms with van der Waals surface area (Å²) < 4.78 is 5.64. The molecule has 0 aromatic rings. The van der Waals surface area contributed by atoms with Gasteiger partial charge in [-0.25, -0.2) is 4.79 Å². The first-order valence-corrected chi connectivity index (χ1v) is 15.9. The third-order valence-electron chi connectivity index (χ3n) is 7.40. The summed E-state index contributed by atoms with van der Waals surface area (Å²) in [4.78, 5) is 12.4. The summed E-state index contributed by atoms with van der Waals surface area (Å²) in [6.07, 6.45) is 11.4. The molecule has 0 saturated carbocycles. The lowest BCUT2D eigenvalue weighted by Gasteiger charge is -2.25. The molecular formula is C35H56O10. The molecule has 10 heteroatoms. The van der Waals surface area contributed by atoms with Crippen LogP contribution < -0.4 is 0 Å². The number of carbonyl (C=O) groups is 1. The van der Waals surface area contributed by atoms with Crippen LogP contribution in [-0.2, 0) is 9.53 Å². The number of carbonyl (C=O) groups excluding carboxylic acids is 1. The highest BCUT2D eigenvalue weighted by Gasteiger charge is 2.25. The molecule has 0 radical (unpaired) electrons. The number of hydrogen-bond donors (Lipinski definition) is 8. The van der Waals surface area contributed by atoms with Crippen molar-refractivity contribution in [3.63, 3.8) is 0 Å². The fraction of sp³-hybridized carbons (Fsp3) is 0.629. The van der Waals surface area contributed by atoms with Crippen LogP contribution in [0, 0.1) is 11.8 Å². The van der Waals surface area contributed by atoms with E-state index < -0.39 is 60.9 Å². The number of cyclic esters (lactones) is 1. The summed E-state index contributed by atoms with van der Waals surface area (Å²) in [6.45, 7) is 5.72. The van der Waals surface area contributed by atoms with Gasteiger partial charge in [0.15, 0.2) is 0 Å². The molecule has 0 fully saturated rings. The predicted octanol–water partition coefficient (Wildman–Crippen LogP) is 2.55. The Morgan fingerprint density at radius 1 is 0.578 bits per heavy atom. The monoisotopic (exact) mass is 636 g/mol. The maximum absolute atomic E-state index is 12.4. The molecule has 1 aliphatic rings. The van der Waals surface area contributed by atoms with Gasteiger partial charge >= 0.3 is 5.97 Å². The Kier molecular flexibility index (Phi) is 20.8. The Morgan fingerprint density at radius 2 is 0.978 bits per heavy atom. The van der Waals surface area contributed by atoms with Crippen molar-refractivity contribution in [2.45, 2.75) is 127 Å². The minimum atomic E-state index is -1.10. The van der Waals surface area contributed by atoms with Crippen LogP contribution in [0.2, 0.25) is 0 Å². The smallest absolute Gasteiger partial charge is 0.331 e. The molecule has 0 bridgehead atoms. The quantitative estimate of drug-likeness (QED) is 0.157. The molecule has 1 rings (SSSR count). The number of aliphatic hydroxyl groups is 8. The van der Waals surface area contributed by atoms with Gasteiger partial charge in [0, 0.05) is 18.4 Å². The minimum absolute atomic E-state index is 0.00472. The van der Waals surface area contributed by atoms with Gasteiger partial charge in [0.05, 0.1) is 48.8 Å². The molecule has 8 N–H and O–H groups in total. The standard InChI is InChI=1S/C35H56O10/c1-24(2)35-25(3)15-16-27(37)18-29(39)20-31(41)22-33(43)23-32(42)21-30(40)19-28(38)17-26(36)13-11-9-7-5-4-6-8-10-12-14-34(44)45-35/h4-12,14-16,24-33,35-43H,13,17-23H2,1-3H3/t25-,26-,27-,28-,29-,30-,31+,32+,33+,35-/m0/s1. The molecule has 0 aliphatic carbocycles. The van der Waals surface area contributed by atoms with Crippen molar-refractivity contribution in [2.24, 2.45) is 11.8 Å². The van der Waals surface area contributed by atoms with E-state index in [4.69, 9.17) is 4.74 Å². The average Bonchev–Trinajstić information content (AvgIpc) is 2.91. The second-order valence-electron chi connectivity index (χ2n) is 12.4. The molecule has 1 heterocycles. The van der Waals surface area contributed by atoms with E-state index in [0.29, 0.717) is 6.42 Å². The van der Waals surface area contributed by atoms with Crippen LogP contribution >= 0.6 is 0 Å². The summed E-state index contributed by atoms with van der Waals surface area (Å²) in [5, 5.41) is 82.4. The number of rotatable bonds is 1. The van der Waals surface area contributed by atoms with Crippen molar-refractivity contribution in [1.82, 2.24) is 0 Å². The number of aliphatic hydroxyl groups excluding tert-OH is 8. The molecule has 0 aromatic carbocycles. The predicted molar refractivity (Wildman–Crippen MR) is 174 cm³/mol. The lowest BCUT2D eigenvalue weighted by Crippen LogP contribution is -2.30. The molecule has 0 saturated heterocycles. The molecule has 256 valence electrons. The van der Waals surface area contributed by atoms with Gasteiger partial charge in [-0.2, -0.15) is 0 Å². The highest BCUT2D eigenvalue weighted by molar-refractivity contribution is 5.82. The van der Waals surface area contributed by atoms with Crippen molar-refractivity contribution in [3.05, 3.63) is 72.9 Å². The first-order chi connectivity index (χ1) is 21.3. The second kappa shape index (κ2) is 23.0. The Hall–Kier alpha value is -2.41. The summed E-state index contributed by atoms with van der Waals surface area (Å²) >= 11 is 0. The molecule has 45 heavy (non-hydrogen) atoms. The van der Waals surface area contributed by atoms with E-state index in [1.165, 1.54) is 12.2 Å².